The molecule has 0 fully saturated rings. The topological polar surface area (TPSA) is 58.7 Å². The van der Waals surface area contributed by atoms with Gasteiger partial charge in [0.2, 0.25) is 5.13 Å². The van der Waals surface area contributed by atoms with Crippen LogP contribution in [0.3, 0.4) is 0 Å². The predicted molar refractivity (Wildman–Crippen MR) is 94.8 cm³/mol. The molecule has 4 rings (SSSR count). The Hall–Kier alpha value is -2.99. The molecule has 0 aliphatic carbocycles. The SMILES string of the molecule is CC1=NN(c2nc(-c3ccccc3)cs2)C(=O)/C1=C\c1ccco1. The molecule has 0 saturated carbocycles. The second kappa shape index (κ2) is 5.90. The number of amides is 1. The molecule has 6 heteroatoms. The van der Waals surface area contributed by atoms with E-state index in [0.717, 1.165) is 11.3 Å². The molecule has 0 bridgehead atoms. The summed E-state index contributed by atoms with van der Waals surface area (Å²) in [5.41, 5.74) is 3.01. The molecule has 118 valence electrons. The highest BCUT2D eigenvalue weighted by molar-refractivity contribution is 7.14. The van der Waals surface area contributed by atoms with Crippen molar-refractivity contribution in [1.82, 2.24) is 4.98 Å². The molecule has 1 aromatic carbocycles. The number of rotatable bonds is 3. The zero-order chi connectivity index (χ0) is 16.5. The van der Waals surface area contributed by atoms with E-state index in [1.807, 2.05) is 35.7 Å². The number of furan rings is 1. The lowest BCUT2D eigenvalue weighted by atomic mass is 10.1. The summed E-state index contributed by atoms with van der Waals surface area (Å²) in [6, 6.07) is 13.4. The summed E-state index contributed by atoms with van der Waals surface area (Å²) < 4.78 is 5.28. The molecule has 2 aromatic heterocycles. The molecule has 1 aliphatic heterocycles. The van der Waals surface area contributed by atoms with Gasteiger partial charge in [-0.3, -0.25) is 4.79 Å². The maximum atomic E-state index is 12.7. The van der Waals surface area contributed by atoms with Crippen LogP contribution in [-0.2, 0) is 4.79 Å². The molecule has 0 N–H and O–H groups in total. The van der Waals surface area contributed by atoms with E-state index in [4.69, 9.17) is 4.42 Å². The van der Waals surface area contributed by atoms with Crippen molar-refractivity contribution in [3.05, 3.63) is 65.4 Å². The molecule has 0 saturated heterocycles. The lowest BCUT2D eigenvalue weighted by molar-refractivity contribution is -0.114. The number of aromatic nitrogens is 1. The monoisotopic (exact) mass is 335 g/mol. The largest absolute Gasteiger partial charge is 0.465 e. The van der Waals surface area contributed by atoms with Crippen molar-refractivity contribution in [2.24, 2.45) is 5.10 Å². The number of thiazole rings is 1. The second-order valence-corrected chi connectivity index (χ2v) is 6.09. The zero-order valence-corrected chi connectivity index (χ0v) is 13.7. The van der Waals surface area contributed by atoms with Gasteiger partial charge in [0.05, 0.1) is 23.2 Å². The molecular weight excluding hydrogens is 322 g/mol. The van der Waals surface area contributed by atoms with Crippen LogP contribution < -0.4 is 5.01 Å². The molecule has 3 heterocycles. The van der Waals surface area contributed by atoms with Crippen molar-refractivity contribution in [1.29, 1.82) is 0 Å². The Morgan fingerprint density at radius 2 is 2.00 bits per heavy atom. The summed E-state index contributed by atoms with van der Waals surface area (Å²) in [7, 11) is 0. The van der Waals surface area contributed by atoms with Crippen LogP contribution in [0.2, 0.25) is 0 Å². The minimum absolute atomic E-state index is 0.196. The van der Waals surface area contributed by atoms with Gasteiger partial charge >= 0.3 is 0 Å². The smallest absolute Gasteiger partial charge is 0.282 e. The Morgan fingerprint density at radius 1 is 1.17 bits per heavy atom. The number of hydrogen-bond donors (Lipinski definition) is 0. The van der Waals surface area contributed by atoms with Crippen molar-refractivity contribution in [2.75, 3.05) is 5.01 Å². The third-order valence-corrected chi connectivity index (χ3v) is 4.45. The molecule has 1 amide bonds. The van der Waals surface area contributed by atoms with Gasteiger partial charge in [-0.05, 0) is 25.1 Å². The summed E-state index contributed by atoms with van der Waals surface area (Å²) in [6.07, 6.45) is 3.27. The van der Waals surface area contributed by atoms with Crippen molar-refractivity contribution in [2.45, 2.75) is 6.92 Å². The third-order valence-electron chi connectivity index (χ3n) is 3.64. The Labute approximate surface area is 142 Å². The summed E-state index contributed by atoms with van der Waals surface area (Å²) in [4.78, 5) is 17.2. The Morgan fingerprint density at radius 3 is 2.75 bits per heavy atom. The first-order valence-corrected chi connectivity index (χ1v) is 8.26. The van der Waals surface area contributed by atoms with Gasteiger partial charge in [-0.15, -0.1) is 11.3 Å². The molecule has 0 radical (unpaired) electrons. The lowest BCUT2D eigenvalue weighted by Gasteiger charge is -2.06. The van der Waals surface area contributed by atoms with E-state index in [1.165, 1.54) is 16.3 Å². The van der Waals surface area contributed by atoms with Crippen molar-refractivity contribution < 1.29 is 9.21 Å². The molecule has 24 heavy (non-hydrogen) atoms. The van der Waals surface area contributed by atoms with Crippen LogP contribution in [-0.4, -0.2) is 16.6 Å². The van der Waals surface area contributed by atoms with E-state index in [0.29, 0.717) is 22.2 Å². The summed E-state index contributed by atoms with van der Waals surface area (Å²) in [6.45, 7) is 1.80. The Bertz CT molecular complexity index is 940. The summed E-state index contributed by atoms with van der Waals surface area (Å²) in [5.74, 6) is 0.428. The van der Waals surface area contributed by atoms with Crippen molar-refractivity contribution in [3.8, 4) is 11.3 Å². The first kappa shape index (κ1) is 14.6. The number of carbonyl (C=O) groups excluding carboxylic acids is 1. The lowest BCUT2D eigenvalue weighted by Crippen LogP contribution is -2.21. The average Bonchev–Trinajstić information content (AvgIpc) is 3.33. The third kappa shape index (κ3) is 2.57. The maximum absolute atomic E-state index is 12.7. The van der Waals surface area contributed by atoms with Crippen LogP contribution in [0.4, 0.5) is 5.13 Å². The summed E-state index contributed by atoms with van der Waals surface area (Å²) >= 11 is 1.39. The molecule has 0 spiro atoms. The van der Waals surface area contributed by atoms with Crippen LogP contribution in [0.1, 0.15) is 12.7 Å². The number of nitrogens with zero attached hydrogens (tertiary/aromatic N) is 3. The van der Waals surface area contributed by atoms with E-state index in [2.05, 4.69) is 10.1 Å². The van der Waals surface area contributed by atoms with Crippen LogP contribution in [0.5, 0.6) is 0 Å². The minimum atomic E-state index is -0.196. The molecule has 1 aliphatic rings. The molecule has 0 atom stereocenters. The van der Waals surface area contributed by atoms with Gasteiger partial charge in [0.25, 0.3) is 5.91 Å². The van der Waals surface area contributed by atoms with Crippen LogP contribution in [0, 0.1) is 0 Å². The number of hydrogen-bond acceptors (Lipinski definition) is 5. The first-order valence-electron chi connectivity index (χ1n) is 7.38. The van der Waals surface area contributed by atoms with E-state index in [-0.39, 0.29) is 5.91 Å². The average molecular weight is 335 g/mol. The van der Waals surface area contributed by atoms with Gasteiger partial charge in [0, 0.05) is 10.9 Å². The Balaban J connectivity index is 1.64. The van der Waals surface area contributed by atoms with Gasteiger partial charge in [-0.25, -0.2) is 4.98 Å². The van der Waals surface area contributed by atoms with Gasteiger partial charge < -0.3 is 4.42 Å². The van der Waals surface area contributed by atoms with Crippen molar-refractivity contribution in [3.63, 3.8) is 0 Å². The predicted octanol–water partition coefficient (Wildman–Crippen LogP) is 4.21. The van der Waals surface area contributed by atoms with E-state index >= 15 is 0 Å². The molecular formula is C18H13N3O2S. The zero-order valence-electron chi connectivity index (χ0n) is 12.8. The fourth-order valence-electron chi connectivity index (χ4n) is 2.43. The standard InChI is InChI=1S/C18H13N3O2S/c1-12-15(10-14-8-5-9-23-14)17(22)21(20-12)18-19-16(11-24-18)13-6-3-2-4-7-13/h2-11H,1H3/b15-10-. The van der Waals surface area contributed by atoms with Gasteiger partial charge in [-0.2, -0.15) is 10.1 Å². The van der Waals surface area contributed by atoms with E-state index < -0.39 is 0 Å². The van der Waals surface area contributed by atoms with E-state index in [9.17, 15) is 4.79 Å². The Kier molecular flexibility index (Phi) is 3.59. The van der Waals surface area contributed by atoms with Gasteiger partial charge in [-0.1, -0.05) is 30.3 Å². The van der Waals surface area contributed by atoms with Crippen LogP contribution in [0.25, 0.3) is 17.3 Å². The van der Waals surface area contributed by atoms with E-state index in [1.54, 1.807) is 31.4 Å². The second-order valence-electron chi connectivity index (χ2n) is 5.26. The maximum Gasteiger partial charge on any atom is 0.282 e. The highest BCUT2D eigenvalue weighted by atomic mass is 32.1. The number of carbonyl (C=O) groups is 1. The highest BCUT2D eigenvalue weighted by Gasteiger charge is 2.31. The quantitative estimate of drug-likeness (QED) is 0.674. The normalized spacial score (nSPS) is 16.0. The summed E-state index contributed by atoms with van der Waals surface area (Å²) in [5, 5.41) is 8.18. The number of anilines is 1. The fourth-order valence-corrected chi connectivity index (χ4v) is 3.21. The first-order chi connectivity index (χ1) is 11.7. The van der Waals surface area contributed by atoms with Crippen molar-refractivity contribution >= 4 is 34.2 Å². The number of benzene rings is 1. The van der Waals surface area contributed by atoms with Crippen LogP contribution >= 0.6 is 11.3 Å². The van der Waals surface area contributed by atoms with Gasteiger partial charge in [0.1, 0.15) is 5.76 Å². The number of hydrazone groups is 1. The molecule has 5 nitrogen and oxygen atoms in total. The minimum Gasteiger partial charge on any atom is -0.465 e. The van der Waals surface area contributed by atoms with Gasteiger partial charge in [0.15, 0.2) is 0 Å². The van der Waals surface area contributed by atoms with Crippen LogP contribution in [0.15, 0.2) is 69.2 Å². The highest BCUT2D eigenvalue weighted by Crippen LogP contribution is 2.31. The molecule has 3 aromatic rings. The molecule has 0 unspecified atom stereocenters. The fraction of sp³-hybridized carbons (Fsp3) is 0.0556.